The molecule has 24 nitrogen and oxygen atoms in total. The number of carboxylic acid groups (broad SMARTS) is 3. The molecule has 7 amide bonds. The number of guanidine groups is 1. The zero-order valence-electron chi connectivity index (χ0n) is 42.4. The van der Waals surface area contributed by atoms with E-state index in [1.807, 2.05) is 38.1 Å². The molecule has 0 aliphatic carbocycles. The Hall–Kier alpha value is -6.34. The number of unbranched alkanes of at least 4 members (excludes halogenated alkanes) is 3. The highest BCUT2D eigenvalue weighted by Gasteiger charge is 2.40. The van der Waals surface area contributed by atoms with E-state index in [0.717, 1.165) is 27.8 Å². The Kier molecular flexibility index (Phi) is 28.7. The third-order valence-electron chi connectivity index (χ3n) is 11.8. The molecular formula is C48H76N10O14S. The van der Waals surface area contributed by atoms with Crippen LogP contribution in [-0.2, 0) is 59.3 Å². The van der Waals surface area contributed by atoms with Crippen LogP contribution >= 0.6 is 11.8 Å². The largest absolute Gasteiger partial charge is 0.481 e. The molecule has 408 valence electrons. The van der Waals surface area contributed by atoms with Crippen molar-refractivity contribution < 1.29 is 68.0 Å². The Bertz CT molecular complexity index is 2040. The number of imide groups is 1. The minimum absolute atomic E-state index is 0.0110. The number of carboxylic acids is 3. The van der Waals surface area contributed by atoms with Crippen molar-refractivity contribution in [2.75, 3.05) is 32.5 Å². The van der Waals surface area contributed by atoms with Crippen LogP contribution in [0, 0.1) is 11.8 Å². The number of hydrogen-bond donors (Lipinski definition) is 11. The highest BCUT2D eigenvalue weighted by Crippen LogP contribution is 2.28. The number of rotatable bonds is 38. The van der Waals surface area contributed by atoms with E-state index in [2.05, 4.69) is 36.9 Å². The molecule has 1 aromatic rings. The monoisotopic (exact) mass is 1050 g/mol. The number of aliphatic imine (C=N–C) groups is 1. The maximum atomic E-state index is 13.7. The summed E-state index contributed by atoms with van der Waals surface area (Å²) < 4.78 is 5.22. The topological polar surface area (TPSA) is 380 Å². The van der Waals surface area contributed by atoms with Gasteiger partial charge in [0.1, 0.15) is 18.1 Å². The van der Waals surface area contributed by atoms with Gasteiger partial charge >= 0.3 is 17.9 Å². The maximum absolute atomic E-state index is 13.7. The van der Waals surface area contributed by atoms with Crippen LogP contribution in [0.3, 0.4) is 0 Å². The molecule has 13 N–H and O–H groups in total. The van der Waals surface area contributed by atoms with Gasteiger partial charge in [0.2, 0.25) is 41.9 Å². The molecule has 25 heteroatoms. The fourth-order valence-corrected chi connectivity index (χ4v) is 9.19. The second-order valence-corrected chi connectivity index (χ2v) is 19.7. The van der Waals surface area contributed by atoms with Crippen LogP contribution in [0.25, 0.3) is 0 Å². The number of hydrogen-bond acceptors (Lipinski definition) is 14. The fourth-order valence-electron chi connectivity index (χ4n) is 8.01. The Labute approximate surface area is 430 Å². The number of aliphatic carboxylic acids is 3. The fraction of sp³-hybridized carbons (Fsp3) is 0.646. The molecule has 1 aliphatic rings. The summed E-state index contributed by atoms with van der Waals surface area (Å²) in [4.78, 5) is 132. The standard InChI is InChI=1S/C48H76N10O14S/c1-28(2)32(42(65)54-33(14-11-19-51-27-59)31-17-15-30(16-18-31)25-72-5)12-7-6-10-21-58-39(60)24-38(46(58)69)73-26-37(47(70)71)57-45(68)36(23-41(63)64)56-43(66)34(13-8-9-20-52-48(49)50)55-44(67)35(22-40(61)62)53-29(3)4/h15-18,27-29,32-38,53H,6-14,19-26H2,1-5H3,(H,51,59)(H,54,65)(H,55,67)(H,56,66)(H,57,68)(H,61,62)(H,63,64)(H,70,71)(H4,49,50,52). The highest BCUT2D eigenvalue weighted by atomic mass is 32.2. The summed E-state index contributed by atoms with van der Waals surface area (Å²) in [6.07, 6.45) is 2.76. The number of ether oxygens (including phenoxy) is 1. The number of benzene rings is 1. The molecule has 7 unspecified atom stereocenters. The Morgan fingerprint density at radius 2 is 1.37 bits per heavy atom. The van der Waals surface area contributed by atoms with E-state index in [1.165, 1.54) is 0 Å². The molecule has 0 aromatic heterocycles. The molecule has 7 atom stereocenters. The van der Waals surface area contributed by atoms with Crippen molar-refractivity contribution in [1.82, 2.24) is 36.8 Å². The average Bonchev–Trinajstić information content (AvgIpc) is 3.58. The predicted molar refractivity (Wildman–Crippen MR) is 270 cm³/mol. The number of nitrogens with two attached hydrogens (primary N) is 2. The lowest BCUT2D eigenvalue weighted by Crippen LogP contribution is -2.58. The molecule has 1 heterocycles. The summed E-state index contributed by atoms with van der Waals surface area (Å²) in [5.74, 6) is -9.45. The number of carbonyl (C=O) groups excluding carboxylic acids is 7. The van der Waals surface area contributed by atoms with Gasteiger partial charge in [0.15, 0.2) is 5.96 Å². The zero-order chi connectivity index (χ0) is 54.6. The van der Waals surface area contributed by atoms with E-state index in [-0.39, 0.29) is 68.1 Å². The quantitative estimate of drug-likeness (QED) is 0.0141. The van der Waals surface area contributed by atoms with Crippen LogP contribution in [-0.4, -0.2) is 154 Å². The maximum Gasteiger partial charge on any atom is 0.327 e. The molecule has 73 heavy (non-hydrogen) atoms. The van der Waals surface area contributed by atoms with Gasteiger partial charge in [-0.15, -0.1) is 11.8 Å². The van der Waals surface area contributed by atoms with Crippen LogP contribution < -0.4 is 43.4 Å². The molecule has 1 aliphatic heterocycles. The van der Waals surface area contributed by atoms with E-state index >= 15 is 0 Å². The van der Waals surface area contributed by atoms with Crippen molar-refractivity contribution in [1.29, 1.82) is 0 Å². The first-order valence-corrected chi connectivity index (χ1v) is 25.5. The lowest BCUT2D eigenvalue weighted by atomic mass is 9.88. The second-order valence-electron chi connectivity index (χ2n) is 18.5. The number of nitrogens with zero attached hydrogens (tertiary/aromatic N) is 2. The van der Waals surface area contributed by atoms with Crippen LogP contribution in [0.4, 0.5) is 0 Å². The van der Waals surface area contributed by atoms with Gasteiger partial charge in [0, 0.05) is 50.9 Å². The SMILES string of the molecule is COCc1ccc(C(CCCNC=O)NC(=O)C(CCCCCN2C(=O)CC(SCC(NC(=O)C(CC(=O)O)NC(=O)C(CCCCN=C(N)N)NC(=O)C(CC(=O)O)NC(C)C)C(=O)O)C2=O)C(C)C)cc1. The van der Waals surface area contributed by atoms with Gasteiger partial charge in [0.25, 0.3) is 0 Å². The van der Waals surface area contributed by atoms with Gasteiger partial charge < -0.3 is 63.4 Å². The van der Waals surface area contributed by atoms with Crippen molar-refractivity contribution >= 4 is 77.5 Å². The minimum atomic E-state index is -1.85. The van der Waals surface area contributed by atoms with E-state index in [0.29, 0.717) is 64.5 Å². The molecule has 0 saturated carbocycles. The van der Waals surface area contributed by atoms with Crippen LogP contribution in [0.1, 0.15) is 122 Å². The van der Waals surface area contributed by atoms with Crippen LogP contribution in [0.5, 0.6) is 0 Å². The Morgan fingerprint density at radius 1 is 0.767 bits per heavy atom. The Morgan fingerprint density at radius 3 is 1.96 bits per heavy atom. The number of nitrogens with one attached hydrogen (secondary N) is 6. The number of carbonyl (C=O) groups is 10. The van der Waals surface area contributed by atoms with Gasteiger partial charge in [-0.3, -0.25) is 53.0 Å². The number of thioether (sulfide) groups is 1. The van der Waals surface area contributed by atoms with Crippen molar-refractivity contribution in [2.45, 2.75) is 153 Å². The number of methoxy groups -OCH3 is 1. The summed E-state index contributed by atoms with van der Waals surface area (Å²) in [5.41, 5.74) is 12.7. The number of amides is 7. The van der Waals surface area contributed by atoms with E-state index in [9.17, 15) is 63.3 Å². The first kappa shape index (κ1) is 62.8. The molecule has 1 aromatic carbocycles. The van der Waals surface area contributed by atoms with E-state index in [1.54, 1.807) is 21.0 Å². The molecule has 1 fully saturated rings. The molecule has 0 spiro atoms. The molecule has 2 rings (SSSR count). The Balaban J connectivity index is 2.05. The highest BCUT2D eigenvalue weighted by molar-refractivity contribution is 8.00. The van der Waals surface area contributed by atoms with E-state index < -0.39 is 95.5 Å². The van der Waals surface area contributed by atoms with Gasteiger partial charge in [-0.1, -0.05) is 64.8 Å². The molecule has 0 bridgehead atoms. The van der Waals surface area contributed by atoms with Gasteiger partial charge in [-0.2, -0.15) is 0 Å². The van der Waals surface area contributed by atoms with Gasteiger partial charge in [0.05, 0.1) is 36.8 Å². The number of likely N-dealkylation sites (tertiary alicyclic amines) is 1. The normalized spacial score (nSPS) is 15.9. The van der Waals surface area contributed by atoms with Crippen LogP contribution in [0.2, 0.25) is 0 Å². The zero-order valence-corrected chi connectivity index (χ0v) is 43.2. The summed E-state index contributed by atoms with van der Waals surface area (Å²) in [7, 11) is 1.61. The lowest BCUT2D eigenvalue weighted by molar-refractivity contribution is -0.143. The summed E-state index contributed by atoms with van der Waals surface area (Å²) >= 11 is 0.822. The summed E-state index contributed by atoms with van der Waals surface area (Å²) in [6.45, 7) is 8.47. The summed E-state index contributed by atoms with van der Waals surface area (Å²) in [5, 5.41) is 43.7. The third-order valence-corrected chi connectivity index (χ3v) is 13.1. The van der Waals surface area contributed by atoms with Gasteiger partial charge in [-0.05, 0) is 62.0 Å². The molecular weight excluding hydrogens is 973 g/mol. The lowest BCUT2D eigenvalue weighted by Gasteiger charge is -2.26. The smallest absolute Gasteiger partial charge is 0.327 e. The third kappa shape index (κ3) is 23.8. The van der Waals surface area contributed by atoms with Crippen molar-refractivity contribution in [3.05, 3.63) is 35.4 Å². The average molecular weight is 1050 g/mol. The van der Waals surface area contributed by atoms with Crippen molar-refractivity contribution in [2.24, 2.45) is 28.3 Å². The molecule has 0 radical (unpaired) electrons. The molecule has 1 saturated heterocycles. The van der Waals surface area contributed by atoms with Crippen molar-refractivity contribution in [3.63, 3.8) is 0 Å². The van der Waals surface area contributed by atoms with Crippen LogP contribution in [0.15, 0.2) is 29.3 Å². The summed E-state index contributed by atoms with van der Waals surface area (Å²) in [6, 6.07) is 0.957. The first-order chi connectivity index (χ1) is 34.6. The predicted octanol–water partition coefficient (Wildman–Crippen LogP) is 0.508. The first-order valence-electron chi connectivity index (χ1n) is 24.5. The van der Waals surface area contributed by atoms with Crippen molar-refractivity contribution in [3.8, 4) is 0 Å². The second kappa shape index (κ2) is 33.4. The minimum Gasteiger partial charge on any atom is -0.481 e. The van der Waals surface area contributed by atoms with Gasteiger partial charge in [-0.25, -0.2) is 4.79 Å². The van der Waals surface area contributed by atoms with E-state index in [4.69, 9.17) is 16.2 Å².